The van der Waals surface area contributed by atoms with Crippen LogP contribution in [0.4, 0.5) is 4.79 Å². The normalized spacial score (nSPS) is 25.5. The third kappa shape index (κ3) is 4.39. The number of amides is 1. The molecule has 4 aliphatic rings. The third-order valence-electron chi connectivity index (χ3n) is 8.87. The molecule has 1 amide bonds. The van der Waals surface area contributed by atoms with E-state index >= 15 is 0 Å². The molecule has 1 saturated heterocycles. The van der Waals surface area contributed by atoms with E-state index in [1.807, 2.05) is 6.07 Å². The lowest BCUT2D eigenvalue weighted by Gasteiger charge is -2.55. The first kappa shape index (κ1) is 26.6. The Morgan fingerprint density at radius 3 is 2.90 bits per heavy atom. The van der Waals surface area contributed by atoms with Gasteiger partial charge in [-0.15, -0.1) is 0 Å². The van der Waals surface area contributed by atoms with E-state index in [0.29, 0.717) is 17.5 Å². The summed E-state index contributed by atoms with van der Waals surface area (Å²) in [6, 6.07) is 9.20. The maximum absolute atomic E-state index is 13.0. The van der Waals surface area contributed by atoms with Gasteiger partial charge in [0.05, 0.1) is 12.0 Å². The molecule has 3 N–H and O–H groups in total. The molecule has 0 saturated carbocycles. The summed E-state index contributed by atoms with van der Waals surface area (Å²) in [5, 5.41) is 2.64. The minimum Gasteiger partial charge on any atom is -0.489 e. The summed E-state index contributed by atoms with van der Waals surface area (Å²) in [6.07, 6.45) is 7.73. The topological polar surface area (TPSA) is 120 Å². The zero-order chi connectivity index (χ0) is 28.0. The van der Waals surface area contributed by atoms with Crippen molar-refractivity contribution < 1.29 is 28.6 Å². The van der Waals surface area contributed by atoms with Crippen LogP contribution >= 0.6 is 0 Å². The molecule has 2 bridgehead atoms. The quantitative estimate of drug-likeness (QED) is 0.297. The average molecular weight is 541 g/mol. The molecule has 9 nitrogen and oxygen atoms in total. The van der Waals surface area contributed by atoms with Gasteiger partial charge in [-0.2, -0.15) is 0 Å². The Hall–Kier alpha value is -3.63. The van der Waals surface area contributed by atoms with Gasteiger partial charge in [0.15, 0.2) is 0 Å². The number of nitrogens with zero attached hydrogens (tertiary/aromatic N) is 1. The van der Waals surface area contributed by atoms with Crippen LogP contribution in [0.5, 0.6) is 11.5 Å². The zero-order valence-corrected chi connectivity index (χ0v) is 22.5. The Morgan fingerprint density at radius 2 is 2.10 bits per heavy atom. The molecule has 1 spiro atoms. The second-order valence-electron chi connectivity index (χ2n) is 11.1. The number of ether oxygens (including phenoxy) is 3. The maximum Gasteiger partial charge on any atom is 0.310 e. The molecule has 2 radical (unpaired) electrons. The van der Waals surface area contributed by atoms with E-state index < -0.39 is 17.7 Å². The molecular weight excluding hydrogens is 509 g/mol. The number of likely N-dealkylation sites (tertiary alicyclic amines) is 1. The van der Waals surface area contributed by atoms with Crippen LogP contribution in [0.25, 0.3) is 0 Å². The largest absolute Gasteiger partial charge is 0.489 e. The summed E-state index contributed by atoms with van der Waals surface area (Å²) in [5.74, 6) is -0.623. The van der Waals surface area contributed by atoms with E-state index in [2.05, 4.69) is 35.5 Å². The average Bonchev–Trinajstić information content (AvgIpc) is 3.28. The monoisotopic (exact) mass is 541 g/mol. The Bertz CT molecular complexity index is 1410. The predicted molar refractivity (Wildman–Crippen MR) is 148 cm³/mol. The van der Waals surface area contributed by atoms with E-state index in [-0.39, 0.29) is 48.9 Å². The summed E-state index contributed by atoms with van der Waals surface area (Å²) in [7, 11) is 7.35. The van der Waals surface area contributed by atoms with E-state index in [4.69, 9.17) is 27.8 Å². The minimum absolute atomic E-state index is 0.0103. The van der Waals surface area contributed by atoms with Crippen LogP contribution in [0.15, 0.2) is 42.5 Å². The molecule has 2 heterocycles. The number of nitrogens with two attached hydrogens (primary N) is 1. The Labute approximate surface area is 234 Å². The Balaban J connectivity index is 1.19. The van der Waals surface area contributed by atoms with Crippen LogP contribution in [-0.2, 0) is 34.4 Å². The van der Waals surface area contributed by atoms with Gasteiger partial charge in [0, 0.05) is 48.0 Å². The number of carbonyl (C=O) groups is 3. The number of likely N-dealkylation sites (N-methyl/N-ethyl adjacent to an activating group) is 1. The fraction of sp³-hybridized carbons (Fsp3) is 0.433. The summed E-state index contributed by atoms with van der Waals surface area (Å²) in [6.45, 7) is 1.48. The first-order valence-corrected chi connectivity index (χ1v) is 13.7. The van der Waals surface area contributed by atoms with Crippen LogP contribution in [0.2, 0.25) is 0 Å². The number of hydrogen-bond acceptors (Lipinski definition) is 8. The summed E-state index contributed by atoms with van der Waals surface area (Å²) in [5.41, 5.74) is 9.58. The number of hydrogen-bond donors (Lipinski definition) is 2. The molecule has 1 fully saturated rings. The van der Waals surface area contributed by atoms with Crippen LogP contribution < -0.4 is 20.5 Å². The Morgan fingerprint density at radius 1 is 1.25 bits per heavy atom. The van der Waals surface area contributed by atoms with Gasteiger partial charge in [0.1, 0.15) is 24.2 Å². The lowest BCUT2D eigenvalue weighted by molar-refractivity contribution is -0.144. The number of carbonyl (C=O) groups excluding carboxylic acids is 3. The summed E-state index contributed by atoms with van der Waals surface area (Å²) in [4.78, 5) is 39.3. The summed E-state index contributed by atoms with van der Waals surface area (Å²) >= 11 is 0. The lowest BCUT2D eigenvalue weighted by atomic mass is 9.53. The van der Waals surface area contributed by atoms with Crippen molar-refractivity contribution >= 4 is 25.6 Å². The lowest BCUT2D eigenvalue weighted by Crippen LogP contribution is -2.62. The van der Waals surface area contributed by atoms with Crippen molar-refractivity contribution in [3.8, 4) is 11.5 Å². The molecule has 2 aliphatic carbocycles. The van der Waals surface area contributed by atoms with Crippen molar-refractivity contribution in [1.82, 2.24) is 10.2 Å². The van der Waals surface area contributed by atoms with Crippen LogP contribution in [0.3, 0.4) is 0 Å². The smallest absolute Gasteiger partial charge is 0.310 e. The van der Waals surface area contributed by atoms with Gasteiger partial charge in [0.25, 0.3) is 5.91 Å². The SMILES string of the molecule is [B]C(=O)Oc1ccc(COC(=O)Cc2ccc3c4c2OC2CC=CC5C(C3)N(C)CCC425)cc1C(=O)NCCN. The highest BCUT2D eigenvalue weighted by atomic mass is 16.5. The van der Waals surface area contributed by atoms with E-state index in [0.717, 1.165) is 37.1 Å². The van der Waals surface area contributed by atoms with Crippen molar-refractivity contribution in [2.45, 2.75) is 49.9 Å². The third-order valence-corrected chi connectivity index (χ3v) is 8.87. The zero-order valence-electron chi connectivity index (χ0n) is 22.5. The van der Waals surface area contributed by atoms with Gasteiger partial charge in [-0.1, -0.05) is 30.4 Å². The molecule has 2 aromatic carbocycles. The first-order valence-electron chi connectivity index (χ1n) is 13.7. The molecule has 10 heteroatoms. The molecule has 4 unspecified atom stereocenters. The van der Waals surface area contributed by atoms with Gasteiger partial charge >= 0.3 is 5.97 Å². The van der Waals surface area contributed by atoms with E-state index in [1.54, 1.807) is 6.07 Å². The van der Waals surface area contributed by atoms with Crippen LogP contribution in [-0.4, -0.2) is 69.3 Å². The molecule has 0 aromatic heterocycles. The van der Waals surface area contributed by atoms with E-state index in [9.17, 15) is 14.4 Å². The van der Waals surface area contributed by atoms with Crippen molar-refractivity contribution in [3.05, 3.63) is 70.3 Å². The van der Waals surface area contributed by atoms with Crippen LogP contribution in [0.1, 0.15) is 45.5 Å². The highest BCUT2D eigenvalue weighted by molar-refractivity contribution is 6.55. The fourth-order valence-corrected chi connectivity index (χ4v) is 7.12. The fourth-order valence-electron chi connectivity index (χ4n) is 7.12. The van der Waals surface area contributed by atoms with Crippen molar-refractivity contribution in [2.24, 2.45) is 11.7 Å². The van der Waals surface area contributed by atoms with Crippen molar-refractivity contribution in [3.63, 3.8) is 0 Å². The van der Waals surface area contributed by atoms with Gasteiger partial charge in [0.2, 0.25) is 13.7 Å². The second-order valence-corrected chi connectivity index (χ2v) is 11.1. The number of esters is 1. The standard InChI is InChI=1S/C30H32BN3O6/c1-34-12-9-30-21-3-2-4-24(30)40-27-19(7-6-18(26(27)30)14-22(21)34)15-25(35)38-16-17-5-8-23(39-29(31)37)20(13-17)28(36)33-11-10-32/h2-3,5-8,13,21-22,24H,4,9-12,14-16,32H2,1H3,(H,33,36). The number of piperidine rings is 1. The van der Waals surface area contributed by atoms with Gasteiger partial charge in [-0.25, -0.2) is 0 Å². The summed E-state index contributed by atoms with van der Waals surface area (Å²) < 4.78 is 17.2. The first-order chi connectivity index (χ1) is 19.3. The number of nitrogens with one attached hydrogen (secondary N) is 1. The molecule has 4 atom stereocenters. The molecular formula is C30H32BN3O6. The Kier molecular flexibility index (Phi) is 6.92. The van der Waals surface area contributed by atoms with Gasteiger partial charge in [-0.05, 0) is 49.7 Å². The van der Waals surface area contributed by atoms with E-state index in [1.165, 1.54) is 23.3 Å². The molecule has 6 rings (SSSR count). The van der Waals surface area contributed by atoms with Gasteiger partial charge in [-0.3, -0.25) is 14.4 Å². The maximum atomic E-state index is 13.0. The molecule has 206 valence electrons. The van der Waals surface area contributed by atoms with Crippen molar-refractivity contribution in [2.75, 3.05) is 26.7 Å². The second kappa shape index (κ2) is 10.4. The van der Waals surface area contributed by atoms with Crippen LogP contribution in [0, 0.1) is 5.92 Å². The minimum atomic E-state index is -1.04. The molecule has 2 aromatic rings. The number of rotatable bonds is 8. The van der Waals surface area contributed by atoms with Gasteiger partial charge < -0.3 is 30.2 Å². The van der Waals surface area contributed by atoms with Crippen molar-refractivity contribution in [1.29, 1.82) is 0 Å². The highest BCUT2D eigenvalue weighted by Crippen LogP contribution is 2.61. The predicted octanol–water partition coefficient (Wildman–Crippen LogP) is 2.16. The molecule has 40 heavy (non-hydrogen) atoms. The molecule has 2 aliphatic heterocycles. The number of benzene rings is 2. The highest BCUT2D eigenvalue weighted by Gasteiger charge is 2.61.